The van der Waals surface area contributed by atoms with E-state index in [1.807, 2.05) is 30.3 Å². The SMILES string of the molecule is [C-]#N.[Fe+6].c1cc[cH-]c1.c1ccc([PH+](CC[PH+](c2ccccc2)c2ccccc2)c2ccccc2)cc1. The molecule has 36 heavy (non-hydrogen) atoms. The molecule has 0 unspecified atom stereocenters. The van der Waals surface area contributed by atoms with E-state index in [1.165, 1.54) is 33.5 Å². The first-order chi connectivity index (χ1) is 17.4. The molecule has 0 bridgehead atoms. The molecule has 4 heteroatoms. The predicted molar refractivity (Wildman–Crippen MR) is 158 cm³/mol. The Morgan fingerprint density at radius 2 is 0.694 bits per heavy atom. The van der Waals surface area contributed by atoms with Gasteiger partial charge in [0.15, 0.2) is 0 Å². The predicted octanol–water partition coefficient (Wildman–Crippen LogP) is 6.22. The molecule has 0 aliphatic heterocycles. The third kappa shape index (κ3) is 9.28. The molecule has 0 aliphatic carbocycles. The minimum absolute atomic E-state index is 0. The average molecular weight is 547 g/mol. The molecule has 5 rings (SSSR count). The molecule has 0 amide bonds. The van der Waals surface area contributed by atoms with Crippen LogP contribution in [0.15, 0.2) is 152 Å². The van der Waals surface area contributed by atoms with E-state index in [4.69, 9.17) is 11.8 Å². The Labute approximate surface area is 229 Å². The van der Waals surface area contributed by atoms with Gasteiger partial charge in [0.2, 0.25) is 0 Å². The van der Waals surface area contributed by atoms with Crippen LogP contribution in [0.3, 0.4) is 0 Å². The van der Waals surface area contributed by atoms with E-state index in [9.17, 15) is 0 Å². The van der Waals surface area contributed by atoms with Gasteiger partial charge in [0.1, 0.15) is 12.3 Å². The van der Waals surface area contributed by atoms with Gasteiger partial charge in [0, 0.05) is 0 Å². The van der Waals surface area contributed by atoms with Gasteiger partial charge in [-0.15, -0.1) is 0 Å². The Morgan fingerprint density at radius 1 is 0.444 bits per heavy atom. The zero-order chi connectivity index (χ0) is 24.6. The quantitative estimate of drug-likeness (QED) is 0.135. The van der Waals surface area contributed by atoms with E-state index < -0.39 is 15.8 Å². The Hall–Kier alpha value is -2.90. The van der Waals surface area contributed by atoms with Crippen molar-refractivity contribution in [3.63, 3.8) is 0 Å². The largest absolute Gasteiger partial charge is 6.00 e. The van der Waals surface area contributed by atoms with Crippen molar-refractivity contribution < 1.29 is 17.1 Å². The van der Waals surface area contributed by atoms with Crippen molar-refractivity contribution in [3.8, 4) is 0 Å². The van der Waals surface area contributed by atoms with Gasteiger partial charge in [-0.05, 0) is 48.5 Å². The summed E-state index contributed by atoms with van der Waals surface area (Å²) in [6.07, 6.45) is 2.52. The molecular formula is C32H31FeNP2+6. The van der Waals surface area contributed by atoms with Gasteiger partial charge in [-0.3, -0.25) is 0 Å². The molecule has 0 spiro atoms. The molecule has 0 N–H and O–H groups in total. The summed E-state index contributed by atoms with van der Waals surface area (Å²) in [5, 5.41) is 12.3. The van der Waals surface area contributed by atoms with E-state index in [2.05, 4.69) is 121 Å². The summed E-state index contributed by atoms with van der Waals surface area (Å²) >= 11 is 0. The number of rotatable bonds is 7. The molecule has 5 aromatic rings. The second-order valence-corrected chi connectivity index (χ2v) is 13.1. The Balaban J connectivity index is 0.000000501. The molecular weight excluding hydrogens is 516 g/mol. The fourth-order valence-corrected chi connectivity index (χ4v) is 10.2. The number of benzene rings is 4. The molecule has 0 fully saturated rings. The van der Waals surface area contributed by atoms with Crippen LogP contribution in [0.25, 0.3) is 0 Å². The van der Waals surface area contributed by atoms with Crippen molar-refractivity contribution in [3.05, 3.63) is 158 Å². The smallest absolute Gasteiger partial charge is 0.512 e. The molecule has 0 heterocycles. The van der Waals surface area contributed by atoms with Gasteiger partial charge >= 0.3 is 17.1 Å². The number of hydrogen-bond donors (Lipinski definition) is 0. The van der Waals surface area contributed by atoms with Gasteiger partial charge < -0.3 is 11.8 Å². The van der Waals surface area contributed by atoms with E-state index >= 15 is 0 Å². The zero-order valence-corrected chi connectivity index (χ0v) is 23.3. The summed E-state index contributed by atoms with van der Waals surface area (Å²) in [6, 6.07) is 54.5. The molecule has 0 aromatic heterocycles. The maximum Gasteiger partial charge on any atom is 6.00 e. The Kier molecular flexibility index (Phi) is 14.3. The van der Waals surface area contributed by atoms with Gasteiger partial charge in [0.25, 0.3) is 0 Å². The van der Waals surface area contributed by atoms with Crippen LogP contribution in [0, 0.1) is 11.8 Å². The van der Waals surface area contributed by atoms with E-state index in [1.54, 1.807) is 0 Å². The van der Waals surface area contributed by atoms with Crippen LogP contribution in [0.4, 0.5) is 0 Å². The summed E-state index contributed by atoms with van der Waals surface area (Å²) in [5.41, 5.74) is 0. The topological polar surface area (TPSA) is 23.8 Å². The number of nitrogens with zero attached hydrogens (tertiary/aromatic N) is 1. The Morgan fingerprint density at radius 3 is 0.889 bits per heavy atom. The molecule has 0 atom stereocenters. The van der Waals surface area contributed by atoms with Crippen LogP contribution in [-0.4, -0.2) is 12.3 Å². The summed E-state index contributed by atoms with van der Waals surface area (Å²) < 4.78 is 0. The Bertz CT molecular complexity index is 1020. The average Bonchev–Trinajstić information content (AvgIpc) is 3.55. The standard InChI is InChI=1S/C26H24P2.C5H5.CN.Fe/c1-5-13-23(14-6-1)27(24-15-7-2-8-16-24)21-22-28(25-17-9-3-10-18-25)26-19-11-4-12-20-26;1-2-4-5-3-1;1-2;/h1-20H,21-22H2;1-5H;;/q;2*-1;+6/p+2. The van der Waals surface area contributed by atoms with E-state index in [-0.39, 0.29) is 17.1 Å². The van der Waals surface area contributed by atoms with Crippen LogP contribution in [-0.2, 0) is 17.1 Å². The minimum atomic E-state index is -0.783. The van der Waals surface area contributed by atoms with Crippen molar-refractivity contribution >= 4 is 37.1 Å². The summed E-state index contributed by atoms with van der Waals surface area (Å²) in [7, 11) is -1.57. The summed E-state index contributed by atoms with van der Waals surface area (Å²) in [5.74, 6) is 0. The third-order valence-electron chi connectivity index (χ3n) is 5.67. The molecule has 0 saturated heterocycles. The van der Waals surface area contributed by atoms with E-state index in [0.717, 1.165) is 0 Å². The maximum atomic E-state index is 6.25. The normalized spacial score (nSPS) is 9.78. The maximum absolute atomic E-state index is 6.25. The first-order valence-electron chi connectivity index (χ1n) is 11.7. The van der Waals surface area contributed by atoms with E-state index in [0.29, 0.717) is 0 Å². The summed E-state index contributed by atoms with van der Waals surface area (Å²) in [4.78, 5) is 0. The fraction of sp³-hybridized carbons (Fsp3) is 0.0625. The molecule has 176 valence electrons. The first kappa shape index (κ1) is 29.3. The van der Waals surface area contributed by atoms with Crippen molar-refractivity contribution in [1.29, 1.82) is 5.26 Å². The van der Waals surface area contributed by atoms with Crippen molar-refractivity contribution in [1.82, 2.24) is 0 Å². The van der Waals surface area contributed by atoms with Crippen LogP contribution in [0.5, 0.6) is 0 Å². The monoisotopic (exact) mass is 547 g/mol. The second-order valence-electron chi connectivity index (χ2n) is 7.88. The third-order valence-corrected chi connectivity index (χ3v) is 11.8. The zero-order valence-electron chi connectivity index (χ0n) is 20.1. The summed E-state index contributed by atoms with van der Waals surface area (Å²) in [6.45, 7) is 4.75. The minimum Gasteiger partial charge on any atom is -0.512 e. The van der Waals surface area contributed by atoms with Gasteiger partial charge in [-0.2, -0.15) is 18.2 Å². The molecule has 0 saturated carbocycles. The van der Waals surface area contributed by atoms with Crippen LogP contribution < -0.4 is 21.2 Å². The van der Waals surface area contributed by atoms with Gasteiger partial charge in [-0.25, -0.2) is 12.1 Å². The van der Waals surface area contributed by atoms with Crippen LogP contribution in [0.2, 0.25) is 0 Å². The van der Waals surface area contributed by atoms with Crippen LogP contribution >= 0.6 is 15.8 Å². The van der Waals surface area contributed by atoms with Crippen molar-refractivity contribution in [2.24, 2.45) is 0 Å². The molecule has 1 nitrogen and oxygen atoms in total. The van der Waals surface area contributed by atoms with Gasteiger partial charge in [-0.1, -0.05) is 72.8 Å². The first-order valence-corrected chi connectivity index (χ1v) is 15.2. The van der Waals surface area contributed by atoms with Crippen LogP contribution in [0.1, 0.15) is 0 Å². The second kappa shape index (κ2) is 17.5. The molecule has 0 radical (unpaired) electrons. The number of hydrogen-bond acceptors (Lipinski definition) is 1. The molecule has 5 aromatic carbocycles. The van der Waals surface area contributed by atoms with Crippen molar-refractivity contribution in [2.45, 2.75) is 0 Å². The van der Waals surface area contributed by atoms with Crippen molar-refractivity contribution in [2.75, 3.05) is 12.3 Å². The van der Waals surface area contributed by atoms with Gasteiger partial charge in [0.05, 0.1) is 37.1 Å². The molecule has 0 aliphatic rings. The fourth-order valence-electron chi connectivity index (χ4n) is 4.04.